The van der Waals surface area contributed by atoms with Crippen LogP contribution < -0.4 is 0 Å². The second-order valence-electron chi connectivity index (χ2n) is 6.27. The van der Waals surface area contributed by atoms with Gasteiger partial charge in [0.2, 0.25) is 0 Å². The first-order valence-electron chi connectivity index (χ1n) is 7.04. The molecule has 0 aromatic heterocycles. The van der Waals surface area contributed by atoms with E-state index in [0.717, 1.165) is 6.54 Å². The van der Waals surface area contributed by atoms with Gasteiger partial charge in [0.25, 0.3) is 0 Å². The Morgan fingerprint density at radius 3 is 2.16 bits per heavy atom. The Morgan fingerprint density at radius 2 is 1.84 bits per heavy atom. The minimum atomic E-state index is -0.969. The lowest BCUT2D eigenvalue weighted by molar-refractivity contribution is -0.138. The van der Waals surface area contributed by atoms with Crippen molar-refractivity contribution in [3.05, 3.63) is 0 Å². The minimum Gasteiger partial charge on any atom is -0.480 e. The molecule has 1 rings (SSSR count). The summed E-state index contributed by atoms with van der Waals surface area (Å²) in [5, 5.41) is 8.98. The van der Waals surface area contributed by atoms with E-state index in [2.05, 4.69) is 0 Å². The fourth-order valence-electron chi connectivity index (χ4n) is 2.23. The SMILES string of the molecule is CCN(CC1CCC1)C(=O)N(CC(=O)O)C(C)(C)C. The van der Waals surface area contributed by atoms with Gasteiger partial charge in [0.1, 0.15) is 6.54 Å². The Balaban J connectivity index is 2.74. The van der Waals surface area contributed by atoms with Crippen LogP contribution in [-0.4, -0.2) is 52.1 Å². The maximum Gasteiger partial charge on any atom is 0.323 e. The highest BCUT2D eigenvalue weighted by Gasteiger charge is 2.32. The standard InChI is InChI=1S/C14H26N2O3/c1-5-15(9-11-7-6-8-11)13(19)16(10-12(17)18)14(2,3)4/h11H,5-10H2,1-4H3,(H,17,18). The number of carboxylic acids is 1. The van der Waals surface area contributed by atoms with E-state index in [1.807, 2.05) is 27.7 Å². The molecule has 1 fully saturated rings. The van der Waals surface area contributed by atoms with Crippen molar-refractivity contribution >= 4 is 12.0 Å². The molecular formula is C14H26N2O3. The first-order valence-corrected chi connectivity index (χ1v) is 7.04. The number of urea groups is 1. The van der Waals surface area contributed by atoms with Gasteiger partial charge in [-0.15, -0.1) is 0 Å². The number of rotatable bonds is 5. The zero-order chi connectivity index (χ0) is 14.6. The average molecular weight is 270 g/mol. The van der Waals surface area contributed by atoms with Crippen molar-refractivity contribution in [2.75, 3.05) is 19.6 Å². The lowest BCUT2D eigenvalue weighted by Crippen LogP contribution is -2.54. The van der Waals surface area contributed by atoms with Crippen LogP contribution in [0, 0.1) is 5.92 Å². The second-order valence-corrected chi connectivity index (χ2v) is 6.27. The summed E-state index contributed by atoms with van der Waals surface area (Å²) in [5.74, 6) is -0.376. The van der Waals surface area contributed by atoms with Crippen LogP contribution >= 0.6 is 0 Å². The Hall–Kier alpha value is -1.26. The fourth-order valence-corrected chi connectivity index (χ4v) is 2.23. The molecule has 0 heterocycles. The summed E-state index contributed by atoms with van der Waals surface area (Å²) in [5.41, 5.74) is -0.484. The van der Waals surface area contributed by atoms with E-state index in [1.54, 1.807) is 4.90 Å². The molecule has 0 aromatic rings. The van der Waals surface area contributed by atoms with Crippen LogP contribution in [0.2, 0.25) is 0 Å². The van der Waals surface area contributed by atoms with Crippen LogP contribution in [0.4, 0.5) is 4.79 Å². The van der Waals surface area contributed by atoms with Gasteiger partial charge in [-0.2, -0.15) is 0 Å². The zero-order valence-corrected chi connectivity index (χ0v) is 12.5. The Morgan fingerprint density at radius 1 is 1.26 bits per heavy atom. The largest absolute Gasteiger partial charge is 0.480 e. The minimum absolute atomic E-state index is 0.163. The quantitative estimate of drug-likeness (QED) is 0.834. The predicted octanol–water partition coefficient (Wildman–Crippen LogP) is 2.41. The number of nitrogens with zero attached hydrogens (tertiary/aromatic N) is 2. The highest BCUT2D eigenvalue weighted by molar-refractivity contribution is 5.80. The molecule has 0 aromatic carbocycles. The molecule has 0 atom stereocenters. The Bertz CT molecular complexity index is 332. The molecule has 0 aliphatic heterocycles. The highest BCUT2D eigenvalue weighted by atomic mass is 16.4. The van der Waals surface area contributed by atoms with Gasteiger partial charge in [0.15, 0.2) is 0 Å². The maximum atomic E-state index is 12.5. The van der Waals surface area contributed by atoms with E-state index in [-0.39, 0.29) is 12.6 Å². The first-order chi connectivity index (χ1) is 8.75. The van der Waals surface area contributed by atoms with Crippen LogP contribution in [0.25, 0.3) is 0 Å². The van der Waals surface area contributed by atoms with Crippen molar-refractivity contribution < 1.29 is 14.7 Å². The molecule has 1 aliphatic carbocycles. The number of carbonyl (C=O) groups excluding carboxylic acids is 1. The van der Waals surface area contributed by atoms with Crippen molar-refractivity contribution in [2.24, 2.45) is 5.92 Å². The van der Waals surface area contributed by atoms with E-state index in [0.29, 0.717) is 12.5 Å². The summed E-state index contributed by atoms with van der Waals surface area (Å²) >= 11 is 0. The lowest BCUT2D eigenvalue weighted by atomic mass is 9.85. The van der Waals surface area contributed by atoms with Gasteiger partial charge >= 0.3 is 12.0 Å². The van der Waals surface area contributed by atoms with Gasteiger partial charge in [0, 0.05) is 18.6 Å². The molecule has 0 unspecified atom stereocenters. The summed E-state index contributed by atoms with van der Waals surface area (Å²) in [7, 11) is 0. The molecule has 1 saturated carbocycles. The summed E-state index contributed by atoms with van der Waals surface area (Å²) < 4.78 is 0. The topological polar surface area (TPSA) is 60.9 Å². The van der Waals surface area contributed by atoms with Gasteiger partial charge in [-0.25, -0.2) is 4.79 Å². The van der Waals surface area contributed by atoms with Gasteiger partial charge in [-0.05, 0) is 46.5 Å². The van der Waals surface area contributed by atoms with Crippen LogP contribution in [0.15, 0.2) is 0 Å². The van der Waals surface area contributed by atoms with Gasteiger partial charge in [-0.1, -0.05) is 6.42 Å². The number of carbonyl (C=O) groups is 2. The first kappa shape index (κ1) is 15.8. The van der Waals surface area contributed by atoms with Crippen LogP contribution in [0.3, 0.4) is 0 Å². The third-order valence-corrected chi connectivity index (χ3v) is 3.69. The highest BCUT2D eigenvalue weighted by Crippen LogP contribution is 2.28. The molecule has 19 heavy (non-hydrogen) atoms. The Labute approximate surface area is 115 Å². The van der Waals surface area contributed by atoms with E-state index in [4.69, 9.17) is 5.11 Å². The molecule has 0 radical (unpaired) electrons. The van der Waals surface area contributed by atoms with E-state index >= 15 is 0 Å². The number of aliphatic carboxylic acids is 1. The molecule has 2 amide bonds. The lowest BCUT2D eigenvalue weighted by Gasteiger charge is -2.40. The molecule has 5 heteroatoms. The molecule has 1 aliphatic rings. The van der Waals surface area contributed by atoms with Crippen LogP contribution in [0.1, 0.15) is 47.0 Å². The summed E-state index contributed by atoms with van der Waals surface area (Å²) in [6.45, 7) is 8.67. The average Bonchev–Trinajstić information content (AvgIpc) is 2.22. The fraction of sp³-hybridized carbons (Fsp3) is 0.857. The summed E-state index contributed by atoms with van der Waals surface area (Å²) in [6, 6.07) is -0.163. The van der Waals surface area contributed by atoms with Gasteiger partial charge < -0.3 is 14.9 Å². The van der Waals surface area contributed by atoms with Crippen molar-refractivity contribution in [1.29, 1.82) is 0 Å². The van der Waals surface area contributed by atoms with Crippen molar-refractivity contribution in [3.8, 4) is 0 Å². The molecule has 0 spiro atoms. The molecular weight excluding hydrogens is 244 g/mol. The maximum absolute atomic E-state index is 12.5. The smallest absolute Gasteiger partial charge is 0.323 e. The number of hydrogen-bond acceptors (Lipinski definition) is 2. The van der Waals surface area contributed by atoms with Crippen molar-refractivity contribution in [3.63, 3.8) is 0 Å². The molecule has 0 bridgehead atoms. The number of hydrogen-bond donors (Lipinski definition) is 1. The number of amides is 2. The summed E-state index contributed by atoms with van der Waals surface area (Å²) in [6.07, 6.45) is 3.60. The predicted molar refractivity (Wildman–Crippen MR) is 74.1 cm³/mol. The van der Waals surface area contributed by atoms with E-state index in [1.165, 1.54) is 24.2 Å². The van der Waals surface area contributed by atoms with Crippen molar-refractivity contribution in [1.82, 2.24) is 9.80 Å². The molecule has 1 N–H and O–H groups in total. The zero-order valence-electron chi connectivity index (χ0n) is 12.5. The van der Waals surface area contributed by atoms with Crippen LogP contribution in [0.5, 0.6) is 0 Å². The molecule has 0 saturated heterocycles. The van der Waals surface area contributed by atoms with Gasteiger partial charge in [0.05, 0.1) is 0 Å². The monoisotopic (exact) mass is 270 g/mol. The third-order valence-electron chi connectivity index (χ3n) is 3.69. The molecule has 5 nitrogen and oxygen atoms in total. The van der Waals surface area contributed by atoms with Gasteiger partial charge in [-0.3, -0.25) is 4.79 Å². The van der Waals surface area contributed by atoms with E-state index in [9.17, 15) is 9.59 Å². The summed E-state index contributed by atoms with van der Waals surface area (Å²) in [4.78, 5) is 26.7. The Kier molecular flexibility index (Phi) is 5.20. The second kappa shape index (κ2) is 6.26. The normalized spacial score (nSPS) is 15.8. The third kappa shape index (κ3) is 4.40. The van der Waals surface area contributed by atoms with E-state index < -0.39 is 11.5 Å². The molecule has 110 valence electrons. The van der Waals surface area contributed by atoms with Crippen molar-refractivity contribution in [2.45, 2.75) is 52.5 Å². The number of carboxylic acid groups (broad SMARTS) is 1. The van der Waals surface area contributed by atoms with Crippen LogP contribution in [-0.2, 0) is 4.79 Å².